The molecule has 0 aromatic carbocycles. The summed E-state index contributed by atoms with van der Waals surface area (Å²) in [6.45, 7) is 9.11. The largest absolute Gasteiger partial charge is 0.494 e. The van der Waals surface area contributed by atoms with E-state index in [2.05, 4.69) is 18.8 Å². The molecule has 4 aromatic rings. The summed E-state index contributed by atoms with van der Waals surface area (Å²) in [6, 6.07) is 3.85. The molecule has 4 aromatic heterocycles. The second-order valence-corrected chi connectivity index (χ2v) is 10.8. The van der Waals surface area contributed by atoms with Crippen LogP contribution in [0.15, 0.2) is 31.9 Å². The van der Waals surface area contributed by atoms with Crippen molar-refractivity contribution in [1.29, 1.82) is 0 Å². The standard InChI is InChI=1S/C26H35N5O4S/c1-5-7-13-28-21-20(24(34)29(26(28)35)14-8-6-2)31-23(33)19(12-11-17(3)4)22(32)30(25(31)27-21)16-18-10-9-15-36-18/h9-10,15,17,33H,5-8,11-14,16H2,1-4H3. The smallest absolute Gasteiger partial charge is 0.332 e. The lowest BCUT2D eigenvalue weighted by Crippen LogP contribution is -2.40. The van der Waals surface area contributed by atoms with Crippen LogP contribution < -0.4 is 16.8 Å². The van der Waals surface area contributed by atoms with Crippen molar-refractivity contribution in [3.05, 3.63) is 59.1 Å². The topological polar surface area (TPSA) is 104 Å². The molecule has 0 saturated carbocycles. The second kappa shape index (κ2) is 10.9. The van der Waals surface area contributed by atoms with Crippen molar-refractivity contribution >= 4 is 28.3 Å². The number of aromatic nitrogens is 5. The first-order chi connectivity index (χ1) is 17.3. The zero-order chi connectivity index (χ0) is 26.0. The van der Waals surface area contributed by atoms with Crippen LogP contribution in [0.25, 0.3) is 16.9 Å². The fourth-order valence-electron chi connectivity index (χ4n) is 4.48. The lowest BCUT2D eigenvalue weighted by atomic mass is 10.0. The molecule has 4 heterocycles. The Hall–Kier alpha value is -3.14. The Bertz CT molecular complexity index is 1540. The second-order valence-electron chi connectivity index (χ2n) is 9.72. The molecule has 9 nitrogen and oxygen atoms in total. The summed E-state index contributed by atoms with van der Waals surface area (Å²) in [7, 11) is 0. The first-order valence-electron chi connectivity index (χ1n) is 12.8. The molecule has 0 fully saturated rings. The molecule has 0 aliphatic heterocycles. The monoisotopic (exact) mass is 513 g/mol. The van der Waals surface area contributed by atoms with Crippen molar-refractivity contribution in [2.75, 3.05) is 0 Å². The van der Waals surface area contributed by atoms with Crippen LogP contribution in [0.5, 0.6) is 5.88 Å². The lowest BCUT2D eigenvalue weighted by Gasteiger charge is -2.14. The summed E-state index contributed by atoms with van der Waals surface area (Å²) in [5.41, 5.74) is -0.600. The van der Waals surface area contributed by atoms with Crippen molar-refractivity contribution in [3.63, 3.8) is 0 Å². The zero-order valence-corrected chi connectivity index (χ0v) is 22.3. The molecule has 0 saturated heterocycles. The van der Waals surface area contributed by atoms with Crippen molar-refractivity contribution < 1.29 is 5.11 Å². The van der Waals surface area contributed by atoms with Gasteiger partial charge in [-0.15, -0.1) is 11.3 Å². The van der Waals surface area contributed by atoms with E-state index in [0.717, 1.165) is 24.1 Å². The predicted molar refractivity (Wildman–Crippen MR) is 144 cm³/mol. The predicted octanol–water partition coefficient (Wildman–Crippen LogP) is 3.98. The number of rotatable bonds is 11. The van der Waals surface area contributed by atoms with Crippen molar-refractivity contribution in [3.8, 4) is 5.88 Å². The number of aryl methyl sites for hydroxylation is 1. The van der Waals surface area contributed by atoms with Gasteiger partial charge in [-0.05, 0) is 43.0 Å². The van der Waals surface area contributed by atoms with Crippen LogP contribution in [0.4, 0.5) is 0 Å². The zero-order valence-electron chi connectivity index (χ0n) is 21.5. The van der Waals surface area contributed by atoms with Gasteiger partial charge in [0.05, 0.1) is 12.1 Å². The highest BCUT2D eigenvalue weighted by Crippen LogP contribution is 2.24. The van der Waals surface area contributed by atoms with E-state index in [4.69, 9.17) is 0 Å². The van der Waals surface area contributed by atoms with Crippen LogP contribution in [0.1, 0.15) is 70.2 Å². The first kappa shape index (κ1) is 25.9. The molecule has 0 radical (unpaired) electrons. The van der Waals surface area contributed by atoms with Gasteiger partial charge < -0.3 is 5.11 Å². The normalized spacial score (nSPS) is 11.9. The Morgan fingerprint density at radius 2 is 1.69 bits per heavy atom. The Balaban J connectivity index is 2.13. The molecule has 10 heteroatoms. The minimum Gasteiger partial charge on any atom is -0.494 e. The highest BCUT2D eigenvalue weighted by molar-refractivity contribution is 7.09. The van der Waals surface area contributed by atoms with Crippen LogP contribution in [0, 0.1) is 5.92 Å². The Morgan fingerprint density at radius 3 is 2.31 bits per heavy atom. The van der Waals surface area contributed by atoms with Gasteiger partial charge >= 0.3 is 5.69 Å². The average Bonchev–Trinajstić information content (AvgIpc) is 3.49. The molecule has 0 atom stereocenters. The highest BCUT2D eigenvalue weighted by Gasteiger charge is 2.25. The van der Waals surface area contributed by atoms with Crippen molar-refractivity contribution in [1.82, 2.24) is 23.1 Å². The fourth-order valence-corrected chi connectivity index (χ4v) is 5.17. The quantitative estimate of drug-likeness (QED) is 0.327. The van der Waals surface area contributed by atoms with E-state index < -0.39 is 11.2 Å². The molecule has 0 amide bonds. The molecule has 0 unspecified atom stereocenters. The van der Waals surface area contributed by atoms with Crippen molar-refractivity contribution in [2.24, 2.45) is 5.92 Å². The van der Waals surface area contributed by atoms with Gasteiger partial charge in [-0.1, -0.05) is 46.6 Å². The van der Waals surface area contributed by atoms with Gasteiger partial charge in [0.25, 0.3) is 11.1 Å². The van der Waals surface area contributed by atoms with E-state index in [9.17, 15) is 19.5 Å². The number of hydrogen-bond donors (Lipinski definition) is 1. The van der Waals surface area contributed by atoms with Gasteiger partial charge in [0.1, 0.15) is 0 Å². The summed E-state index contributed by atoms with van der Waals surface area (Å²) in [4.78, 5) is 46.3. The average molecular weight is 514 g/mol. The van der Waals surface area contributed by atoms with Crippen molar-refractivity contribution in [2.45, 2.75) is 85.9 Å². The fraction of sp³-hybridized carbons (Fsp3) is 0.538. The van der Waals surface area contributed by atoms with Crippen LogP contribution in [0.2, 0.25) is 0 Å². The molecule has 0 bridgehead atoms. The van der Waals surface area contributed by atoms with Crippen LogP contribution in [-0.4, -0.2) is 28.2 Å². The Kier molecular flexibility index (Phi) is 7.82. The summed E-state index contributed by atoms with van der Waals surface area (Å²) >= 11 is 1.52. The summed E-state index contributed by atoms with van der Waals surface area (Å²) in [6.07, 6.45) is 4.20. The number of imidazole rings is 1. The van der Waals surface area contributed by atoms with Gasteiger partial charge in [0.15, 0.2) is 11.2 Å². The number of hydrogen-bond acceptors (Lipinski definition) is 6. The SMILES string of the molecule is CCCCn1c(=O)c2c(nc3n(Cc4cccs4)c(=O)c(CCC(C)C)c(O)n23)n(CCCC)c1=O. The molecular weight excluding hydrogens is 478 g/mol. The highest BCUT2D eigenvalue weighted by atomic mass is 32.1. The van der Waals surface area contributed by atoms with E-state index in [-0.39, 0.29) is 40.5 Å². The van der Waals surface area contributed by atoms with Gasteiger partial charge in [0, 0.05) is 18.0 Å². The summed E-state index contributed by atoms with van der Waals surface area (Å²) in [5.74, 6) is 0.236. The molecule has 1 N–H and O–H groups in total. The number of nitrogens with zero attached hydrogens (tertiary/aromatic N) is 5. The van der Waals surface area contributed by atoms with Gasteiger partial charge in [-0.2, -0.15) is 4.98 Å². The molecule has 0 aliphatic carbocycles. The maximum atomic E-state index is 13.7. The summed E-state index contributed by atoms with van der Waals surface area (Å²) < 4.78 is 5.69. The van der Waals surface area contributed by atoms with Gasteiger partial charge in [-0.3, -0.25) is 23.3 Å². The maximum absolute atomic E-state index is 13.7. The van der Waals surface area contributed by atoms with Crippen LogP contribution >= 0.6 is 11.3 Å². The molecule has 4 rings (SSSR count). The molecule has 0 spiro atoms. The third kappa shape index (κ3) is 4.66. The molecule has 36 heavy (non-hydrogen) atoms. The molecule has 194 valence electrons. The number of unbranched alkanes of at least 4 members (excludes halogenated alkanes) is 2. The Labute approximate surface area is 213 Å². The third-order valence-electron chi connectivity index (χ3n) is 6.57. The first-order valence-corrected chi connectivity index (χ1v) is 13.7. The van der Waals surface area contributed by atoms with E-state index >= 15 is 0 Å². The van der Waals surface area contributed by atoms with Gasteiger partial charge in [0.2, 0.25) is 11.7 Å². The minimum absolute atomic E-state index is 0.139. The van der Waals surface area contributed by atoms with E-state index in [1.54, 1.807) is 0 Å². The number of fused-ring (bicyclic) bond motifs is 3. The van der Waals surface area contributed by atoms with Crippen LogP contribution in [0.3, 0.4) is 0 Å². The van der Waals surface area contributed by atoms with Crippen LogP contribution in [-0.2, 0) is 26.1 Å². The van der Waals surface area contributed by atoms with Gasteiger partial charge in [-0.25, -0.2) is 9.20 Å². The Morgan fingerprint density at radius 1 is 1.00 bits per heavy atom. The molecular formula is C26H35N5O4S. The third-order valence-corrected chi connectivity index (χ3v) is 7.43. The number of aromatic hydroxyl groups is 1. The van der Waals surface area contributed by atoms with E-state index in [1.807, 2.05) is 31.4 Å². The van der Waals surface area contributed by atoms with E-state index in [1.165, 1.54) is 29.4 Å². The minimum atomic E-state index is -0.491. The number of thiophene rings is 1. The van der Waals surface area contributed by atoms with E-state index in [0.29, 0.717) is 38.3 Å². The molecule has 0 aliphatic rings. The lowest BCUT2D eigenvalue weighted by molar-refractivity contribution is 0.429. The summed E-state index contributed by atoms with van der Waals surface area (Å²) in [5, 5.41) is 13.3. The maximum Gasteiger partial charge on any atom is 0.332 e.